The molecule has 0 radical (unpaired) electrons. The van der Waals surface area contributed by atoms with Crippen molar-refractivity contribution in [2.24, 2.45) is 11.8 Å². The fourth-order valence-corrected chi connectivity index (χ4v) is 5.66. The van der Waals surface area contributed by atoms with Gasteiger partial charge in [0.15, 0.2) is 0 Å². The zero-order chi connectivity index (χ0) is 32.0. The van der Waals surface area contributed by atoms with Crippen LogP contribution in [0.1, 0.15) is 88.5 Å². The van der Waals surface area contributed by atoms with Gasteiger partial charge in [-0.3, -0.25) is 9.59 Å². The number of methoxy groups -OCH3 is 2. The summed E-state index contributed by atoms with van der Waals surface area (Å²) in [4.78, 5) is 69.4. The first-order valence-electron chi connectivity index (χ1n) is 15.0. The number of aromatic amines is 2. The number of ether oxygens (including phenoxy) is 2. The third-order valence-electron chi connectivity index (χ3n) is 8.01. The minimum Gasteiger partial charge on any atom is -0.453 e. The van der Waals surface area contributed by atoms with Crippen molar-refractivity contribution in [3.8, 4) is 11.8 Å². The lowest BCUT2D eigenvalue weighted by atomic mass is 10.0. The number of alkyl carbamates (subject to hydrolysis) is 2. The van der Waals surface area contributed by atoms with Gasteiger partial charge < -0.3 is 39.9 Å². The molecule has 2 saturated heterocycles. The molecule has 4 heterocycles. The van der Waals surface area contributed by atoms with Crippen LogP contribution < -0.4 is 10.6 Å². The third kappa shape index (κ3) is 7.32. The van der Waals surface area contributed by atoms with Crippen molar-refractivity contribution in [2.45, 2.75) is 77.5 Å². The molecule has 0 aliphatic carbocycles. The summed E-state index contributed by atoms with van der Waals surface area (Å²) in [6.07, 6.45) is 5.08. The van der Waals surface area contributed by atoms with Gasteiger partial charge in [-0.25, -0.2) is 19.6 Å². The normalized spacial score (nSPS) is 19.4. The van der Waals surface area contributed by atoms with Gasteiger partial charge in [-0.1, -0.05) is 27.7 Å². The summed E-state index contributed by atoms with van der Waals surface area (Å²) in [7, 11) is 2.54. The summed E-state index contributed by atoms with van der Waals surface area (Å²) >= 11 is 0. The predicted molar refractivity (Wildman–Crippen MR) is 159 cm³/mol. The summed E-state index contributed by atoms with van der Waals surface area (Å²) in [5.41, 5.74) is 1.16. The number of nitrogens with zero attached hydrogens (tertiary/aromatic N) is 4. The first-order chi connectivity index (χ1) is 21.0. The SMILES string of the molecule is COC(=O)NC(C(=O)N1CCCC1c1ncc(C#Cc2cnc([C@@H]3CCCN3C(=O)C(NC(=O)OC)C(C)C)[nH]2)[nH]1)C(C)C. The minimum absolute atomic E-state index is 0.122. The first kappa shape index (κ1) is 32.4. The highest BCUT2D eigenvalue weighted by Crippen LogP contribution is 2.32. The Morgan fingerprint density at radius 1 is 0.773 bits per heavy atom. The van der Waals surface area contributed by atoms with Crippen molar-refractivity contribution in [1.29, 1.82) is 0 Å². The fourth-order valence-electron chi connectivity index (χ4n) is 5.66. The number of hydrogen-bond donors (Lipinski definition) is 4. The number of hydrogen-bond acceptors (Lipinski definition) is 8. The van der Waals surface area contributed by atoms with Gasteiger partial charge in [-0.05, 0) is 49.4 Å². The van der Waals surface area contributed by atoms with E-state index >= 15 is 0 Å². The first-order valence-corrected chi connectivity index (χ1v) is 15.0. The van der Waals surface area contributed by atoms with Crippen LogP contribution in [-0.4, -0.2) is 93.1 Å². The quantitative estimate of drug-likeness (QED) is 0.330. The van der Waals surface area contributed by atoms with Crippen molar-refractivity contribution in [2.75, 3.05) is 27.3 Å². The Balaban J connectivity index is 1.44. The van der Waals surface area contributed by atoms with Gasteiger partial charge >= 0.3 is 12.2 Å². The molecule has 4 atom stereocenters. The van der Waals surface area contributed by atoms with Gasteiger partial charge in [0.25, 0.3) is 0 Å². The number of imidazole rings is 2. The van der Waals surface area contributed by atoms with Gasteiger partial charge in [0.1, 0.15) is 35.1 Å². The standard InChI is InChI=1S/C30H42N8O6/c1-17(2)23(35-29(41)43-5)27(39)37-13-7-9-21(37)25-31-15-19(33-25)11-12-20-16-32-26(34-20)22-10-8-14-38(22)28(40)24(18(3)4)36-30(42)44-6/h15-18,21-24H,7-10,13-14H2,1-6H3,(H,31,33)(H,32,34)(H,35,41)(H,36,42)/t21-,22?,23?,24?/m0/s1. The summed E-state index contributed by atoms with van der Waals surface area (Å²) in [5, 5.41) is 5.30. The lowest BCUT2D eigenvalue weighted by Crippen LogP contribution is -2.51. The topological polar surface area (TPSA) is 175 Å². The Bertz CT molecular complexity index is 1300. The maximum absolute atomic E-state index is 13.4. The molecule has 238 valence electrons. The van der Waals surface area contributed by atoms with E-state index in [1.807, 2.05) is 27.7 Å². The molecular weight excluding hydrogens is 568 g/mol. The second-order valence-corrected chi connectivity index (χ2v) is 11.7. The van der Waals surface area contributed by atoms with Gasteiger partial charge in [0.05, 0.1) is 38.7 Å². The van der Waals surface area contributed by atoms with Gasteiger partial charge in [-0.2, -0.15) is 0 Å². The molecule has 2 aliphatic heterocycles. The van der Waals surface area contributed by atoms with Crippen LogP contribution in [0.4, 0.5) is 9.59 Å². The average molecular weight is 611 g/mol. The van der Waals surface area contributed by atoms with Crippen LogP contribution in [0.2, 0.25) is 0 Å². The molecule has 0 aromatic carbocycles. The average Bonchev–Trinajstić information content (AvgIpc) is 3.82. The monoisotopic (exact) mass is 610 g/mol. The van der Waals surface area contributed by atoms with Crippen molar-refractivity contribution in [3.05, 3.63) is 35.4 Å². The molecule has 4 rings (SSSR count). The molecule has 0 bridgehead atoms. The van der Waals surface area contributed by atoms with E-state index < -0.39 is 24.3 Å². The maximum atomic E-state index is 13.4. The summed E-state index contributed by atoms with van der Waals surface area (Å²) in [6, 6.07) is -1.94. The lowest BCUT2D eigenvalue weighted by Gasteiger charge is -2.29. The molecule has 14 heteroatoms. The molecule has 4 N–H and O–H groups in total. The van der Waals surface area contributed by atoms with E-state index in [0.29, 0.717) is 36.1 Å². The van der Waals surface area contributed by atoms with Gasteiger partial charge in [0.2, 0.25) is 11.8 Å². The Kier molecular flexibility index (Phi) is 10.5. The van der Waals surface area contributed by atoms with Crippen LogP contribution in [0.5, 0.6) is 0 Å². The van der Waals surface area contributed by atoms with E-state index in [0.717, 1.165) is 25.7 Å². The van der Waals surface area contributed by atoms with Crippen LogP contribution in [0.25, 0.3) is 0 Å². The van der Waals surface area contributed by atoms with Crippen LogP contribution in [0.15, 0.2) is 12.4 Å². The van der Waals surface area contributed by atoms with Crippen LogP contribution >= 0.6 is 0 Å². The molecule has 4 amide bonds. The Morgan fingerprint density at radius 3 is 1.50 bits per heavy atom. The number of amides is 4. The molecule has 14 nitrogen and oxygen atoms in total. The Hall–Kier alpha value is -4.54. The molecule has 2 aromatic rings. The maximum Gasteiger partial charge on any atom is 0.407 e. The fraction of sp³-hybridized carbons (Fsp3) is 0.600. The second kappa shape index (κ2) is 14.3. The number of carbonyl (C=O) groups is 4. The number of rotatable bonds is 8. The van der Waals surface area contributed by atoms with Crippen molar-refractivity contribution in [3.63, 3.8) is 0 Å². The van der Waals surface area contributed by atoms with E-state index in [2.05, 4.69) is 42.4 Å². The number of aromatic nitrogens is 4. The molecule has 0 saturated carbocycles. The Labute approximate surface area is 257 Å². The number of nitrogens with one attached hydrogen (secondary N) is 4. The smallest absolute Gasteiger partial charge is 0.407 e. The zero-order valence-corrected chi connectivity index (χ0v) is 26.1. The largest absolute Gasteiger partial charge is 0.453 e. The summed E-state index contributed by atoms with van der Waals surface area (Å²) in [5.74, 6) is 6.79. The van der Waals surface area contributed by atoms with E-state index in [4.69, 9.17) is 9.47 Å². The van der Waals surface area contributed by atoms with E-state index in [1.54, 1.807) is 22.2 Å². The molecule has 2 aliphatic rings. The van der Waals surface area contributed by atoms with Gasteiger partial charge in [0, 0.05) is 13.1 Å². The highest BCUT2D eigenvalue weighted by atomic mass is 16.5. The second-order valence-electron chi connectivity index (χ2n) is 11.7. The highest BCUT2D eigenvalue weighted by molar-refractivity contribution is 5.87. The van der Waals surface area contributed by atoms with Gasteiger partial charge in [-0.15, -0.1) is 0 Å². The highest BCUT2D eigenvalue weighted by Gasteiger charge is 2.38. The molecule has 3 unspecified atom stereocenters. The number of carbonyl (C=O) groups excluding carboxylic acids is 4. The Morgan fingerprint density at radius 2 is 1.16 bits per heavy atom. The van der Waals surface area contributed by atoms with E-state index in [9.17, 15) is 19.2 Å². The minimum atomic E-state index is -0.710. The number of likely N-dealkylation sites (tertiary alicyclic amines) is 2. The van der Waals surface area contributed by atoms with Crippen LogP contribution in [-0.2, 0) is 19.1 Å². The lowest BCUT2D eigenvalue weighted by molar-refractivity contribution is -0.136. The molecule has 2 fully saturated rings. The molecule has 44 heavy (non-hydrogen) atoms. The van der Waals surface area contributed by atoms with Crippen molar-refractivity contribution in [1.82, 2.24) is 40.4 Å². The molecule has 0 spiro atoms. The van der Waals surface area contributed by atoms with Crippen molar-refractivity contribution >= 4 is 24.0 Å². The van der Waals surface area contributed by atoms with Crippen LogP contribution in [0.3, 0.4) is 0 Å². The van der Waals surface area contributed by atoms with Crippen molar-refractivity contribution < 1.29 is 28.7 Å². The summed E-state index contributed by atoms with van der Waals surface area (Å²) < 4.78 is 9.41. The molecule has 2 aromatic heterocycles. The summed E-state index contributed by atoms with van der Waals surface area (Å²) in [6.45, 7) is 8.61. The molecular formula is C30H42N8O6. The third-order valence-corrected chi connectivity index (χ3v) is 8.01. The van der Waals surface area contributed by atoms with E-state index in [-0.39, 0.29) is 35.7 Å². The number of H-pyrrole nitrogens is 2. The van der Waals surface area contributed by atoms with Crippen LogP contribution in [0, 0.1) is 23.7 Å². The van der Waals surface area contributed by atoms with E-state index in [1.165, 1.54) is 14.2 Å². The predicted octanol–water partition coefficient (Wildman–Crippen LogP) is 2.62. The zero-order valence-electron chi connectivity index (χ0n) is 26.1.